The monoisotopic (exact) mass is 257 g/mol. The number of methoxy groups -OCH3 is 1. The molecule has 0 radical (unpaired) electrons. The summed E-state index contributed by atoms with van der Waals surface area (Å²) in [6.45, 7) is 4.15. The molecule has 0 unspecified atom stereocenters. The first kappa shape index (κ1) is 11.1. The molecule has 3 N–H and O–H groups in total. The minimum absolute atomic E-state index is 0.0691. The average Bonchev–Trinajstić information content (AvgIpc) is 2.21. The highest BCUT2D eigenvalue weighted by molar-refractivity contribution is 9.10. The van der Waals surface area contributed by atoms with E-state index in [0.717, 1.165) is 11.1 Å². The quantitative estimate of drug-likeness (QED) is 0.873. The number of benzene rings is 1. The molecule has 0 heterocycles. The molecular weight excluding hydrogens is 246 g/mol. The van der Waals surface area contributed by atoms with E-state index in [2.05, 4.69) is 22.5 Å². The third-order valence-electron chi connectivity index (χ3n) is 1.93. The Bertz CT molecular complexity index is 363. The van der Waals surface area contributed by atoms with Gasteiger partial charge in [0.05, 0.1) is 11.6 Å². The van der Waals surface area contributed by atoms with Crippen LogP contribution in [-0.2, 0) is 0 Å². The molecule has 3 nitrogen and oxygen atoms in total. The summed E-state index contributed by atoms with van der Waals surface area (Å²) < 4.78 is 5.52. The van der Waals surface area contributed by atoms with Crippen molar-refractivity contribution in [2.45, 2.75) is 0 Å². The molecule has 0 fully saturated rings. The van der Waals surface area contributed by atoms with Crippen LogP contribution in [0.3, 0.4) is 0 Å². The average molecular weight is 258 g/mol. The van der Waals surface area contributed by atoms with Crippen LogP contribution in [0.1, 0.15) is 5.56 Å². The molecule has 0 bridgehead atoms. The van der Waals surface area contributed by atoms with Crippen molar-refractivity contribution in [3.05, 3.63) is 28.7 Å². The predicted molar refractivity (Wildman–Crippen MR) is 60.4 cm³/mol. The van der Waals surface area contributed by atoms with Crippen molar-refractivity contribution in [2.75, 3.05) is 13.7 Å². The van der Waals surface area contributed by atoms with E-state index >= 15 is 0 Å². The predicted octanol–water partition coefficient (Wildman–Crippen LogP) is 2.14. The number of phenols is 1. The van der Waals surface area contributed by atoms with Gasteiger partial charge in [0, 0.05) is 6.54 Å². The van der Waals surface area contributed by atoms with Crippen LogP contribution in [0.5, 0.6) is 11.5 Å². The fourth-order valence-electron chi connectivity index (χ4n) is 1.09. The highest BCUT2D eigenvalue weighted by Crippen LogP contribution is 2.38. The number of aromatic hydroxyl groups is 1. The van der Waals surface area contributed by atoms with Crippen LogP contribution in [0, 0.1) is 0 Å². The number of halogens is 1. The summed E-state index contributed by atoms with van der Waals surface area (Å²) in [6, 6.07) is 3.48. The lowest BCUT2D eigenvalue weighted by molar-refractivity contribution is 0.372. The molecule has 1 aromatic carbocycles. The smallest absolute Gasteiger partial charge is 0.172 e. The molecule has 0 aliphatic carbocycles. The van der Waals surface area contributed by atoms with E-state index in [4.69, 9.17) is 10.5 Å². The Morgan fingerprint density at radius 1 is 1.64 bits per heavy atom. The van der Waals surface area contributed by atoms with Crippen LogP contribution in [-0.4, -0.2) is 18.8 Å². The number of hydrogen-bond donors (Lipinski definition) is 2. The van der Waals surface area contributed by atoms with E-state index in [1.807, 2.05) is 0 Å². The fraction of sp³-hybridized carbons (Fsp3) is 0.200. The molecule has 0 saturated carbocycles. The zero-order valence-electron chi connectivity index (χ0n) is 7.88. The van der Waals surface area contributed by atoms with Gasteiger partial charge < -0.3 is 15.6 Å². The molecule has 0 spiro atoms. The number of rotatable bonds is 3. The summed E-state index contributed by atoms with van der Waals surface area (Å²) in [5, 5.41) is 9.67. The Labute approximate surface area is 91.3 Å². The topological polar surface area (TPSA) is 55.5 Å². The minimum atomic E-state index is 0.0691. The van der Waals surface area contributed by atoms with Gasteiger partial charge in [-0.1, -0.05) is 6.58 Å². The molecule has 0 atom stereocenters. The lowest BCUT2D eigenvalue weighted by atomic mass is 10.1. The molecule has 0 aliphatic heterocycles. The van der Waals surface area contributed by atoms with Crippen molar-refractivity contribution in [1.29, 1.82) is 0 Å². The van der Waals surface area contributed by atoms with Gasteiger partial charge in [-0.2, -0.15) is 0 Å². The zero-order valence-corrected chi connectivity index (χ0v) is 9.47. The Morgan fingerprint density at radius 3 is 2.79 bits per heavy atom. The van der Waals surface area contributed by atoms with Crippen LogP contribution in [0.4, 0.5) is 0 Å². The highest BCUT2D eigenvalue weighted by atomic mass is 79.9. The standard InChI is InChI=1S/C10H12BrNO2/c1-6(5-12)7-3-4-8(14-2)10(13)9(7)11/h3-4,13H,1,5,12H2,2H3. The van der Waals surface area contributed by atoms with Crippen molar-refractivity contribution in [3.63, 3.8) is 0 Å². The van der Waals surface area contributed by atoms with Gasteiger partial charge in [0.15, 0.2) is 11.5 Å². The van der Waals surface area contributed by atoms with Crippen molar-refractivity contribution < 1.29 is 9.84 Å². The first-order valence-corrected chi connectivity index (χ1v) is 4.84. The lowest BCUT2D eigenvalue weighted by Crippen LogP contribution is -2.01. The molecule has 0 saturated heterocycles. The number of ether oxygens (including phenoxy) is 1. The van der Waals surface area contributed by atoms with E-state index in [9.17, 15) is 5.11 Å². The van der Waals surface area contributed by atoms with Crippen molar-refractivity contribution in [1.82, 2.24) is 0 Å². The van der Waals surface area contributed by atoms with Crippen LogP contribution in [0.15, 0.2) is 23.2 Å². The van der Waals surface area contributed by atoms with Crippen LogP contribution < -0.4 is 10.5 Å². The van der Waals surface area contributed by atoms with E-state index in [0.29, 0.717) is 16.8 Å². The second kappa shape index (κ2) is 4.48. The van der Waals surface area contributed by atoms with Gasteiger partial charge in [-0.05, 0) is 39.2 Å². The molecule has 0 aromatic heterocycles. The van der Waals surface area contributed by atoms with Gasteiger partial charge in [-0.3, -0.25) is 0 Å². The van der Waals surface area contributed by atoms with Crippen molar-refractivity contribution in [2.24, 2.45) is 5.73 Å². The molecule has 0 amide bonds. The van der Waals surface area contributed by atoms with Crippen molar-refractivity contribution >= 4 is 21.5 Å². The molecule has 14 heavy (non-hydrogen) atoms. The van der Waals surface area contributed by atoms with Crippen LogP contribution >= 0.6 is 15.9 Å². The fourth-order valence-corrected chi connectivity index (χ4v) is 1.70. The second-order valence-corrected chi connectivity index (χ2v) is 3.58. The number of phenolic OH excluding ortho intramolecular Hbond substituents is 1. The maximum absolute atomic E-state index is 9.67. The first-order chi connectivity index (χ1) is 6.61. The first-order valence-electron chi connectivity index (χ1n) is 4.05. The van der Waals surface area contributed by atoms with E-state index in [1.165, 1.54) is 7.11 Å². The Hall–Kier alpha value is -1.00. The highest BCUT2D eigenvalue weighted by Gasteiger charge is 2.11. The van der Waals surface area contributed by atoms with Gasteiger partial charge in [0.25, 0.3) is 0 Å². The van der Waals surface area contributed by atoms with E-state index in [-0.39, 0.29) is 5.75 Å². The lowest BCUT2D eigenvalue weighted by Gasteiger charge is -2.10. The third-order valence-corrected chi connectivity index (χ3v) is 2.73. The minimum Gasteiger partial charge on any atom is -0.503 e. The van der Waals surface area contributed by atoms with E-state index in [1.54, 1.807) is 12.1 Å². The molecule has 0 aliphatic rings. The van der Waals surface area contributed by atoms with E-state index < -0.39 is 0 Å². The van der Waals surface area contributed by atoms with Gasteiger partial charge in [-0.15, -0.1) is 0 Å². The Kier molecular flexibility index (Phi) is 3.55. The third kappa shape index (κ3) is 1.91. The van der Waals surface area contributed by atoms with Gasteiger partial charge in [0.1, 0.15) is 0 Å². The van der Waals surface area contributed by atoms with Gasteiger partial charge in [0.2, 0.25) is 0 Å². The molecule has 76 valence electrons. The SMILES string of the molecule is C=C(CN)c1ccc(OC)c(O)c1Br. The molecule has 4 heteroatoms. The summed E-state index contributed by atoms with van der Waals surface area (Å²) in [5.74, 6) is 0.491. The molecule has 1 aromatic rings. The number of hydrogen-bond acceptors (Lipinski definition) is 3. The van der Waals surface area contributed by atoms with Gasteiger partial charge in [-0.25, -0.2) is 0 Å². The normalized spacial score (nSPS) is 9.93. The summed E-state index contributed by atoms with van der Waals surface area (Å²) >= 11 is 3.27. The molecule has 1 rings (SSSR count). The van der Waals surface area contributed by atoms with Crippen LogP contribution in [0.25, 0.3) is 5.57 Å². The second-order valence-electron chi connectivity index (χ2n) is 2.79. The largest absolute Gasteiger partial charge is 0.503 e. The zero-order chi connectivity index (χ0) is 10.7. The van der Waals surface area contributed by atoms with Crippen LogP contribution in [0.2, 0.25) is 0 Å². The summed E-state index contributed by atoms with van der Waals surface area (Å²) in [5.41, 5.74) is 7.02. The number of nitrogens with two attached hydrogens (primary N) is 1. The Balaban J connectivity index is 3.24. The maximum Gasteiger partial charge on any atom is 0.172 e. The maximum atomic E-state index is 9.67. The molecular formula is C10H12BrNO2. The van der Waals surface area contributed by atoms with Crippen molar-refractivity contribution in [3.8, 4) is 11.5 Å². The Morgan fingerprint density at radius 2 is 2.29 bits per heavy atom. The van der Waals surface area contributed by atoms with Gasteiger partial charge >= 0.3 is 0 Å². The summed E-state index contributed by atoms with van der Waals surface area (Å²) in [7, 11) is 1.50. The summed E-state index contributed by atoms with van der Waals surface area (Å²) in [4.78, 5) is 0. The summed E-state index contributed by atoms with van der Waals surface area (Å²) in [6.07, 6.45) is 0.